The minimum atomic E-state index is -0.806. The molecule has 3 N–H and O–H groups in total. The van der Waals surface area contributed by atoms with E-state index < -0.39 is 11.4 Å². The summed E-state index contributed by atoms with van der Waals surface area (Å²) in [5, 5.41) is 16.0. The van der Waals surface area contributed by atoms with Gasteiger partial charge >= 0.3 is 5.97 Å². The van der Waals surface area contributed by atoms with Crippen LogP contribution in [-0.4, -0.2) is 41.1 Å². The summed E-state index contributed by atoms with van der Waals surface area (Å²) in [4.78, 5) is 28.9. The molecule has 1 aliphatic heterocycles. The normalized spacial score (nSPS) is 38.0. The van der Waals surface area contributed by atoms with Gasteiger partial charge in [0.1, 0.15) is 0 Å². The van der Waals surface area contributed by atoms with Crippen molar-refractivity contribution in [3.63, 3.8) is 0 Å². The van der Waals surface area contributed by atoms with E-state index in [0.717, 1.165) is 36.9 Å². The average Bonchev–Trinajstić information content (AvgIpc) is 2.70. The van der Waals surface area contributed by atoms with Gasteiger partial charge in [0, 0.05) is 29.9 Å². The van der Waals surface area contributed by atoms with Crippen LogP contribution in [0.15, 0.2) is 18.3 Å². The summed E-state index contributed by atoms with van der Waals surface area (Å²) in [6.07, 6.45) is 9.96. The number of piperidine rings is 1. The molecule has 4 bridgehead atoms. The third-order valence-corrected chi connectivity index (χ3v) is 8.06. The minimum absolute atomic E-state index is 0.0319. The molecule has 6 rings (SSSR count). The second-order valence-corrected chi connectivity index (χ2v) is 9.99. The van der Waals surface area contributed by atoms with Gasteiger partial charge in [-0.3, -0.25) is 14.6 Å². The number of hydrogen-bond donors (Lipinski definition) is 3. The maximum Gasteiger partial charge on any atom is 0.304 e. The molecular weight excluding hydrogens is 366 g/mol. The van der Waals surface area contributed by atoms with Crippen LogP contribution in [0.2, 0.25) is 0 Å². The average molecular weight is 398 g/mol. The zero-order valence-corrected chi connectivity index (χ0v) is 16.9. The Morgan fingerprint density at radius 2 is 1.86 bits per heavy atom. The lowest BCUT2D eigenvalue weighted by atomic mass is 9.54. The van der Waals surface area contributed by atoms with E-state index in [9.17, 15) is 14.7 Å². The molecule has 4 saturated carbocycles. The topological polar surface area (TPSA) is 91.3 Å². The standard InChI is InChI=1S/C23H31N3O3/c27-20(28)11-23(4-1-5-24-13-23)19-3-2-16(12-25-19)22(29)26-21-17-7-14-6-15(9-17)10-18(21)8-14/h2-3,12,14-15,17-18,21,24H,1,4-11,13H2,(H,26,29)(H,27,28)/t14?,15?,17?,18?,21?,23-/m0/s1. The maximum absolute atomic E-state index is 12.9. The van der Waals surface area contributed by atoms with E-state index in [2.05, 4.69) is 15.6 Å². The van der Waals surface area contributed by atoms with Crippen molar-refractivity contribution in [1.82, 2.24) is 15.6 Å². The van der Waals surface area contributed by atoms with Crippen LogP contribution in [0.4, 0.5) is 0 Å². The molecule has 1 aromatic heterocycles. The van der Waals surface area contributed by atoms with Crippen molar-refractivity contribution in [3.05, 3.63) is 29.6 Å². The Morgan fingerprint density at radius 1 is 1.14 bits per heavy atom. The highest BCUT2D eigenvalue weighted by atomic mass is 16.4. The molecule has 6 heteroatoms. The quantitative estimate of drug-likeness (QED) is 0.711. The van der Waals surface area contributed by atoms with E-state index in [4.69, 9.17) is 0 Å². The van der Waals surface area contributed by atoms with Gasteiger partial charge < -0.3 is 15.7 Å². The van der Waals surface area contributed by atoms with E-state index in [1.54, 1.807) is 6.20 Å². The first kappa shape index (κ1) is 19.0. The monoisotopic (exact) mass is 397 g/mol. The van der Waals surface area contributed by atoms with E-state index in [0.29, 0.717) is 30.0 Å². The van der Waals surface area contributed by atoms with Crippen LogP contribution in [0.25, 0.3) is 0 Å². The zero-order valence-electron chi connectivity index (χ0n) is 16.9. The Bertz CT molecular complexity index is 757. The highest BCUT2D eigenvalue weighted by molar-refractivity contribution is 5.94. The Morgan fingerprint density at radius 3 is 2.41 bits per heavy atom. The van der Waals surface area contributed by atoms with Gasteiger partial charge in [-0.25, -0.2) is 0 Å². The first-order valence-corrected chi connectivity index (χ1v) is 11.2. The Hall–Kier alpha value is -1.95. The fourth-order valence-corrected chi connectivity index (χ4v) is 6.95. The molecule has 6 nitrogen and oxygen atoms in total. The lowest BCUT2D eigenvalue weighted by molar-refractivity contribution is -0.138. The van der Waals surface area contributed by atoms with Crippen LogP contribution in [0, 0.1) is 23.7 Å². The largest absolute Gasteiger partial charge is 0.481 e. The number of amides is 1. The van der Waals surface area contributed by atoms with E-state index >= 15 is 0 Å². The number of pyridine rings is 1. The maximum atomic E-state index is 12.9. The molecule has 156 valence electrons. The summed E-state index contributed by atoms with van der Waals surface area (Å²) < 4.78 is 0. The Labute approximate surface area is 171 Å². The number of carbonyl (C=O) groups is 2. The van der Waals surface area contributed by atoms with Gasteiger partial charge in [0.25, 0.3) is 5.91 Å². The number of carboxylic acid groups (broad SMARTS) is 1. The molecule has 0 spiro atoms. The second kappa shape index (κ2) is 7.38. The third-order valence-electron chi connectivity index (χ3n) is 8.06. The second-order valence-electron chi connectivity index (χ2n) is 9.99. The van der Waals surface area contributed by atoms with Crippen molar-refractivity contribution in [2.24, 2.45) is 23.7 Å². The number of carbonyl (C=O) groups excluding carboxylic acids is 1. The van der Waals surface area contributed by atoms with Crippen molar-refractivity contribution in [3.8, 4) is 0 Å². The molecule has 0 aromatic carbocycles. The van der Waals surface area contributed by atoms with Crippen molar-refractivity contribution >= 4 is 11.9 Å². The van der Waals surface area contributed by atoms with Crippen LogP contribution in [0.3, 0.4) is 0 Å². The first-order valence-electron chi connectivity index (χ1n) is 11.2. The number of nitrogens with one attached hydrogen (secondary N) is 2. The summed E-state index contributed by atoms with van der Waals surface area (Å²) >= 11 is 0. The SMILES string of the molecule is O=C(O)C[C@@]1(c2ccc(C(=O)NC3C4CC5CC(C4)CC3C5)cn2)CCCNC1. The van der Waals surface area contributed by atoms with Gasteiger partial charge in [-0.2, -0.15) is 0 Å². The van der Waals surface area contributed by atoms with Gasteiger partial charge in [-0.05, 0) is 87.3 Å². The number of carboxylic acids is 1. The van der Waals surface area contributed by atoms with Gasteiger partial charge in [-0.1, -0.05) is 0 Å². The van der Waals surface area contributed by atoms with Crippen molar-refractivity contribution in [2.75, 3.05) is 13.1 Å². The third kappa shape index (κ3) is 3.56. The van der Waals surface area contributed by atoms with Gasteiger partial charge in [-0.15, -0.1) is 0 Å². The predicted octanol–water partition coefficient (Wildman–Crippen LogP) is 2.73. The van der Waals surface area contributed by atoms with Crippen LogP contribution < -0.4 is 10.6 Å². The molecule has 29 heavy (non-hydrogen) atoms. The van der Waals surface area contributed by atoms with Crippen molar-refractivity contribution < 1.29 is 14.7 Å². The van der Waals surface area contributed by atoms with E-state index in [1.165, 1.54) is 32.1 Å². The number of aromatic nitrogens is 1. The number of hydrogen-bond acceptors (Lipinski definition) is 4. The molecule has 0 unspecified atom stereocenters. The fourth-order valence-electron chi connectivity index (χ4n) is 6.95. The first-order chi connectivity index (χ1) is 14.0. The molecule has 2 heterocycles. The molecule has 1 saturated heterocycles. The molecule has 1 aromatic rings. The van der Waals surface area contributed by atoms with Crippen LogP contribution in [0.5, 0.6) is 0 Å². The lowest BCUT2D eigenvalue weighted by Gasteiger charge is -2.54. The van der Waals surface area contributed by atoms with Crippen LogP contribution in [0.1, 0.15) is 67.4 Å². The lowest BCUT2D eigenvalue weighted by Crippen LogP contribution is -2.55. The number of rotatable bonds is 5. The van der Waals surface area contributed by atoms with Crippen LogP contribution >= 0.6 is 0 Å². The van der Waals surface area contributed by atoms with E-state index in [1.807, 2.05) is 12.1 Å². The molecule has 4 aliphatic carbocycles. The minimum Gasteiger partial charge on any atom is -0.481 e. The zero-order chi connectivity index (χ0) is 20.0. The molecule has 0 radical (unpaired) electrons. The van der Waals surface area contributed by atoms with Gasteiger partial charge in [0.2, 0.25) is 0 Å². The summed E-state index contributed by atoms with van der Waals surface area (Å²) in [6, 6.07) is 4.00. The highest BCUT2D eigenvalue weighted by Gasteiger charge is 2.48. The summed E-state index contributed by atoms with van der Waals surface area (Å²) in [5.41, 5.74) is 0.871. The van der Waals surface area contributed by atoms with Crippen molar-refractivity contribution in [2.45, 2.75) is 62.8 Å². The molecule has 5 aliphatic rings. The molecule has 1 atom stereocenters. The molecular formula is C23H31N3O3. The molecule has 5 fully saturated rings. The number of nitrogens with zero attached hydrogens (tertiary/aromatic N) is 1. The van der Waals surface area contributed by atoms with E-state index in [-0.39, 0.29) is 12.3 Å². The fraction of sp³-hybridized carbons (Fsp3) is 0.696. The smallest absolute Gasteiger partial charge is 0.304 e. The molecule has 1 amide bonds. The summed E-state index contributed by atoms with van der Waals surface area (Å²) in [5.74, 6) is 2.24. The Kier molecular flexibility index (Phi) is 4.85. The highest BCUT2D eigenvalue weighted by Crippen LogP contribution is 2.53. The van der Waals surface area contributed by atoms with Gasteiger partial charge in [0.05, 0.1) is 12.0 Å². The summed E-state index contributed by atoms with van der Waals surface area (Å²) in [6.45, 7) is 1.53. The van der Waals surface area contributed by atoms with Gasteiger partial charge in [0.15, 0.2) is 0 Å². The van der Waals surface area contributed by atoms with Crippen LogP contribution in [-0.2, 0) is 10.2 Å². The predicted molar refractivity (Wildman–Crippen MR) is 109 cm³/mol. The Balaban J connectivity index is 1.29. The number of aliphatic carboxylic acids is 1. The summed E-state index contributed by atoms with van der Waals surface area (Å²) in [7, 11) is 0. The van der Waals surface area contributed by atoms with Crippen molar-refractivity contribution in [1.29, 1.82) is 0 Å².